The lowest BCUT2D eigenvalue weighted by molar-refractivity contribution is 0.318. The smallest absolute Gasteiger partial charge is 0.142 e. The molecule has 1 unspecified atom stereocenters. The Hall–Kier alpha value is -1.48. The van der Waals surface area contributed by atoms with Crippen LogP contribution in [0.2, 0.25) is 0 Å². The third kappa shape index (κ3) is 4.24. The first-order valence-electron chi connectivity index (χ1n) is 7.65. The molecule has 2 nitrogen and oxygen atoms in total. The minimum absolute atomic E-state index is 0.316. The average Bonchev–Trinajstić information content (AvgIpc) is 2.97. The van der Waals surface area contributed by atoms with Crippen LogP contribution in [0.25, 0.3) is 0 Å². The fourth-order valence-electron chi connectivity index (χ4n) is 2.28. The van der Waals surface area contributed by atoms with Gasteiger partial charge in [-0.05, 0) is 48.4 Å². The minimum atomic E-state index is 0.316. The van der Waals surface area contributed by atoms with Gasteiger partial charge in [-0.3, -0.25) is 0 Å². The Morgan fingerprint density at radius 2 is 2.05 bits per heavy atom. The maximum absolute atomic E-state index is 5.91. The highest BCUT2D eigenvalue weighted by atomic mass is 32.1. The monoisotopic (exact) mass is 303 g/mol. The van der Waals surface area contributed by atoms with Gasteiger partial charge in [0.2, 0.25) is 0 Å². The van der Waals surface area contributed by atoms with E-state index in [1.165, 1.54) is 10.4 Å². The molecule has 0 aliphatic carbocycles. The topological polar surface area (TPSA) is 21.3 Å². The second-order valence-corrected chi connectivity index (χ2v) is 6.71. The number of ether oxygens (including phenoxy) is 1. The molecule has 3 heteroatoms. The van der Waals surface area contributed by atoms with E-state index in [-0.39, 0.29) is 0 Å². The van der Waals surface area contributed by atoms with Crippen LogP contribution in [-0.2, 0) is 0 Å². The van der Waals surface area contributed by atoms with Crippen LogP contribution >= 0.6 is 11.3 Å². The van der Waals surface area contributed by atoms with Gasteiger partial charge in [-0.2, -0.15) is 0 Å². The molecule has 0 bridgehead atoms. The molecule has 0 aliphatic heterocycles. The number of thiophene rings is 1. The standard InChI is InChI=1S/C18H25NOS/c1-5-10-20-16-12-14(4)8-9-15(16)19-18(13(2)3)17-7-6-11-21-17/h6-9,11-13,18-19H,5,10H2,1-4H3. The summed E-state index contributed by atoms with van der Waals surface area (Å²) < 4.78 is 5.91. The first-order valence-corrected chi connectivity index (χ1v) is 8.53. The quantitative estimate of drug-likeness (QED) is 0.713. The maximum Gasteiger partial charge on any atom is 0.142 e. The number of anilines is 1. The number of aryl methyl sites for hydroxylation is 1. The molecular formula is C18H25NOS. The predicted molar refractivity (Wildman–Crippen MR) is 92.5 cm³/mol. The fraction of sp³-hybridized carbons (Fsp3) is 0.444. The molecule has 1 N–H and O–H groups in total. The van der Waals surface area contributed by atoms with Crippen LogP contribution in [0.4, 0.5) is 5.69 Å². The molecule has 21 heavy (non-hydrogen) atoms. The number of rotatable bonds is 7. The van der Waals surface area contributed by atoms with E-state index in [1.54, 1.807) is 11.3 Å². The van der Waals surface area contributed by atoms with Gasteiger partial charge in [0.15, 0.2) is 0 Å². The highest BCUT2D eigenvalue weighted by Gasteiger charge is 2.18. The molecule has 0 saturated carbocycles. The molecule has 2 aromatic rings. The average molecular weight is 303 g/mol. The van der Waals surface area contributed by atoms with E-state index in [9.17, 15) is 0 Å². The molecule has 1 aromatic heterocycles. The zero-order valence-electron chi connectivity index (χ0n) is 13.3. The van der Waals surface area contributed by atoms with Gasteiger partial charge in [0.25, 0.3) is 0 Å². The third-order valence-corrected chi connectivity index (χ3v) is 4.38. The van der Waals surface area contributed by atoms with Crippen molar-refractivity contribution in [1.29, 1.82) is 0 Å². The van der Waals surface area contributed by atoms with Crippen molar-refractivity contribution in [1.82, 2.24) is 0 Å². The van der Waals surface area contributed by atoms with Crippen molar-refractivity contribution in [2.24, 2.45) is 5.92 Å². The molecule has 0 fully saturated rings. The Bertz CT molecular complexity index is 548. The van der Waals surface area contributed by atoms with E-state index in [4.69, 9.17) is 4.74 Å². The van der Waals surface area contributed by atoms with Crippen molar-refractivity contribution in [2.75, 3.05) is 11.9 Å². The van der Waals surface area contributed by atoms with E-state index < -0.39 is 0 Å². The SMILES string of the molecule is CCCOc1cc(C)ccc1NC(c1cccs1)C(C)C. The number of nitrogens with one attached hydrogen (secondary N) is 1. The lowest BCUT2D eigenvalue weighted by Gasteiger charge is -2.24. The predicted octanol–water partition coefficient (Wildman–Crippen LogP) is 5.65. The normalized spacial score (nSPS) is 12.4. The molecule has 2 rings (SSSR count). The Labute approximate surface area is 132 Å². The zero-order valence-corrected chi connectivity index (χ0v) is 14.2. The van der Waals surface area contributed by atoms with Crippen molar-refractivity contribution in [3.8, 4) is 5.75 Å². The van der Waals surface area contributed by atoms with Crippen LogP contribution in [0.5, 0.6) is 5.75 Å². The minimum Gasteiger partial charge on any atom is -0.491 e. The van der Waals surface area contributed by atoms with Crippen molar-refractivity contribution >= 4 is 17.0 Å². The molecule has 1 heterocycles. The van der Waals surface area contributed by atoms with E-state index in [1.807, 2.05) is 0 Å². The molecule has 1 atom stereocenters. The lowest BCUT2D eigenvalue weighted by Crippen LogP contribution is -2.16. The van der Waals surface area contributed by atoms with Crippen LogP contribution in [0.1, 0.15) is 43.7 Å². The molecule has 114 valence electrons. The largest absolute Gasteiger partial charge is 0.491 e. The Balaban J connectivity index is 2.24. The summed E-state index contributed by atoms with van der Waals surface area (Å²) in [6.07, 6.45) is 1.02. The van der Waals surface area contributed by atoms with Gasteiger partial charge in [0, 0.05) is 4.88 Å². The van der Waals surface area contributed by atoms with E-state index in [0.29, 0.717) is 12.0 Å². The van der Waals surface area contributed by atoms with Gasteiger partial charge in [0.05, 0.1) is 18.3 Å². The van der Waals surface area contributed by atoms with Gasteiger partial charge < -0.3 is 10.1 Å². The molecule has 0 spiro atoms. The highest BCUT2D eigenvalue weighted by Crippen LogP contribution is 2.34. The maximum atomic E-state index is 5.91. The van der Waals surface area contributed by atoms with Gasteiger partial charge >= 0.3 is 0 Å². The van der Waals surface area contributed by atoms with Crippen LogP contribution in [0.15, 0.2) is 35.7 Å². The number of hydrogen-bond donors (Lipinski definition) is 1. The van der Waals surface area contributed by atoms with Crippen molar-refractivity contribution in [3.63, 3.8) is 0 Å². The molecule has 0 radical (unpaired) electrons. The van der Waals surface area contributed by atoms with Gasteiger partial charge in [-0.25, -0.2) is 0 Å². The summed E-state index contributed by atoms with van der Waals surface area (Å²) in [5.41, 5.74) is 2.31. The summed E-state index contributed by atoms with van der Waals surface area (Å²) >= 11 is 1.80. The van der Waals surface area contributed by atoms with Gasteiger partial charge in [0.1, 0.15) is 5.75 Å². The van der Waals surface area contributed by atoms with E-state index in [0.717, 1.165) is 24.5 Å². The van der Waals surface area contributed by atoms with Crippen LogP contribution in [0.3, 0.4) is 0 Å². The van der Waals surface area contributed by atoms with Crippen LogP contribution in [-0.4, -0.2) is 6.61 Å². The summed E-state index contributed by atoms with van der Waals surface area (Å²) in [6.45, 7) is 9.48. The Morgan fingerprint density at radius 3 is 2.67 bits per heavy atom. The van der Waals surface area contributed by atoms with Gasteiger partial charge in [-0.1, -0.05) is 32.9 Å². The fourth-order valence-corrected chi connectivity index (χ4v) is 3.23. The summed E-state index contributed by atoms with van der Waals surface area (Å²) in [7, 11) is 0. The lowest BCUT2D eigenvalue weighted by atomic mass is 10.0. The highest BCUT2D eigenvalue weighted by molar-refractivity contribution is 7.10. The first-order chi connectivity index (χ1) is 10.1. The number of benzene rings is 1. The third-order valence-electron chi connectivity index (χ3n) is 3.43. The van der Waals surface area contributed by atoms with Crippen molar-refractivity contribution < 1.29 is 4.74 Å². The summed E-state index contributed by atoms with van der Waals surface area (Å²) in [6, 6.07) is 11.0. The molecule has 0 aliphatic rings. The second kappa shape index (κ2) is 7.51. The number of hydrogen-bond acceptors (Lipinski definition) is 3. The summed E-state index contributed by atoms with van der Waals surface area (Å²) in [5, 5.41) is 5.81. The second-order valence-electron chi connectivity index (χ2n) is 5.73. The Kier molecular flexibility index (Phi) is 5.68. The zero-order chi connectivity index (χ0) is 15.2. The Morgan fingerprint density at radius 1 is 1.24 bits per heavy atom. The van der Waals surface area contributed by atoms with Crippen molar-refractivity contribution in [2.45, 2.75) is 40.2 Å². The molecule has 1 aromatic carbocycles. The van der Waals surface area contributed by atoms with Crippen LogP contribution in [0, 0.1) is 12.8 Å². The van der Waals surface area contributed by atoms with Crippen LogP contribution < -0.4 is 10.1 Å². The molecule has 0 amide bonds. The van der Waals surface area contributed by atoms with E-state index >= 15 is 0 Å². The van der Waals surface area contributed by atoms with E-state index in [2.05, 4.69) is 68.7 Å². The summed E-state index contributed by atoms with van der Waals surface area (Å²) in [4.78, 5) is 1.37. The summed E-state index contributed by atoms with van der Waals surface area (Å²) in [5.74, 6) is 1.48. The van der Waals surface area contributed by atoms with Gasteiger partial charge in [-0.15, -0.1) is 11.3 Å². The molecular weight excluding hydrogens is 278 g/mol. The first kappa shape index (κ1) is 15.9. The molecule has 0 saturated heterocycles. The van der Waals surface area contributed by atoms with Crippen molar-refractivity contribution in [3.05, 3.63) is 46.2 Å².